The fourth-order valence-corrected chi connectivity index (χ4v) is 3.92. The second-order valence-corrected chi connectivity index (χ2v) is 8.20. The minimum atomic E-state index is -0.762. The van der Waals surface area contributed by atoms with Gasteiger partial charge < -0.3 is 9.88 Å². The van der Waals surface area contributed by atoms with Gasteiger partial charge in [0.2, 0.25) is 5.91 Å². The molecule has 27 heavy (non-hydrogen) atoms. The van der Waals surface area contributed by atoms with Crippen LogP contribution in [0.5, 0.6) is 0 Å². The second-order valence-electron chi connectivity index (χ2n) is 7.25. The highest BCUT2D eigenvalue weighted by Crippen LogP contribution is 2.39. The molecule has 1 fully saturated rings. The van der Waals surface area contributed by atoms with Crippen LogP contribution in [-0.4, -0.2) is 32.0 Å². The molecular formula is C20H25N5OS. The number of benzene rings is 1. The molecule has 1 atom stereocenters. The van der Waals surface area contributed by atoms with Gasteiger partial charge >= 0.3 is 0 Å². The number of carbonyl (C=O) groups is 1. The van der Waals surface area contributed by atoms with Crippen molar-refractivity contribution in [1.29, 1.82) is 5.26 Å². The van der Waals surface area contributed by atoms with Gasteiger partial charge in [-0.2, -0.15) is 5.26 Å². The predicted molar refractivity (Wildman–Crippen MR) is 106 cm³/mol. The maximum Gasteiger partial charge on any atom is 0.231 e. The molecule has 1 aliphatic rings. The van der Waals surface area contributed by atoms with Crippen LogP contribution >= 0.6 is 11.8 Å². The summed E-state index contributed by atoms with van der Waals surface area (Å²) in [6, 6.07) is 10.4. The number of nitrogens with zero attached hydrogens (tertiary/aromatic N) is 4. The predicted octanol–water partition coefficient (Wildman–Crippen LogP) is 3.56. The Bertz CT molecular complexity index is 867. The van der Waals surface area contributed by atoms with Gasteiger partial charge in [0, 0.05) is 12.1 Å². The summed E-state index contributed by atoms with van der Waals surface area (Å²) in [5.74, 6) is 1.18. The fourth-order valence-electron chi connectivity index (χ4n) is 3.16. The van der Waals surface area contributed by atoms with E-state index in [1.807, 2.05) is 19.1 Å². The van der Waals surface area contributed by atoms with Crippen LogP contribution in [-0.2, 0) is 11.3 Å². The van der Waals surface area contributed by atoms with Crippen molar-refractivity contribution in [1.82, 2.24) is 20.1 Å². The molecule has 0 saturated heterocycles. The third kappa shape index (κ3) is 4.51. The molecule has 0 spiro atoms. The maximum atomic E-state index is 12.4. The lowest BCUT2D eigenvalue weighted by Gasteiger charge is -2.22. The molecule has 0 radical (unpaired) electrons. The van der Waals surface area contributed by atoms with Gasteiger partial charge in [0.15, 0.2) is 11.0 Å². The molecule has 1 aromatic carbocycles. The third-order valence-corrected chi connectivity index (χ3v) is 5.76. The Morgan fingerprint density at radius 1 is 1.44 bits per heavy atom. The van der Waals surface area contributed by atoms with Gasteiger partial charge in [-0.1, -0.05) is 42.4 Å². The third-order valence-electron chi connectivity index (χ3n) is 4.80. The molecule has 0 bridgehead atoms. The number of aromatic nitrogens is 3. The summed E-state index contributed by atoms with van der Waals surface area (Å²) in [6.45, 7) is 6.76. The first kappa shape index (κ1) is 19.4. The summed E-state index contributed by atoms with van der Waals surface area (Å²) in [7, 11) is 0. The maximum absolute atomic E-state index is 12.4. The molecular weight excluding hydrogens is 358 g/mol. The van der Waals surface area contributed by atoms with E-state index in [4.69, 9.17) is 0 Å². The largest absolute Gasteiger partial charge is 0.337 e. The number of nitriles is 1. The highest BCUT2D eigenvalue weighted by Gasteiger charge is 2.42. The van der Waals surface area contributed by atoms with E-state index >= 15 is 0 Å². The van der Waals surface area contributed by atoms with Crippen molar-refractivity contribution in [2.24, 2.45) is 5.92 Å². The number of hydrogen-bond donors (Lipinski definition) is 1. The Hall–Kier alpha value is -2.33. The zero-order chi connectivity index (χ0) is 19.4. The van der Waals surface area contributed by atoms with E-state index in [0.29, 0.717) is 0 Å². The number of nitrogens with one attached hydrogen (secondary N) is 1. The molecule has 1 heterocycles. The summed E-state index contributed by atoms with van der Waals surface area (Å²) in [4.78, 5) is 12.4. The molecule has 1 amide bonds. The van der Waals surface area contributed by atoms with E-state index in [-0.39, 0.29) is 17.6 Å². The van der Waals surface area contributed by atoms with Crippen LogP contribution in [0.1, 0.15) is 38.7 Å². The second kappa shape index (κ2) is 8.13. The molecule has 1 saturated carbocycles. The van der Waals surface area contributed by atoms with Gasteiger partial charge in [-0.15, -0.1) is 10.2 Å². The van der Waals surface area contributed by atoms with Crippen LogP contribution in [0.15, 0.2) is 29.4 Å². The van der Waals surface area contributed by atoms with Gasteiger partial charge in [-0.3, -0.25) is 4.79 Å². The highest BCUT2D eigenvalue weighted by molar-refractivity contribution is 7.99. The average molecular weight is 384 g/mol. The topological polar surface area (TPSA) is 83.6 Å². The SMILES string of the molecule is CCCn1c(SCC(=O)NC(C)(C#N)C2CC2)nnc1-c1cccc(C)c1. The average Bonchev–Trinajstić information content (AvgIpc) is 3.43. The Kier molecular flexibility index (Phi) is 5.85. The van der Waals surface area contributed by atoms with Crippen LogP contribution in [0.25, 0.3) is 11.4 Å². The molecule has 142 valence electrons. The first-order chi connectivity index (χ1) is 13.0. The Labute approximate surface area is 164 Å². The number of rotatable bonds is 8. The Balaban J connectivity index is 1.71. The van der Waals surface area contributed by atoms with Gasteiger partial charge in [0.25, 0.3) is 0 Å². The lowest BCUT2D eigenvalue weighted by atomic mass is 9.98. The minimum absolute atomic E-state index is 0.140. The molecule has 3 rings (SSSR count). The van der Waals surface area contributed by atoms with Crippen molar-refractivity contribution in [3.05, 3.63) is 29.8 Å². The Morgan fingerprint density at radius 2 is 2.22 bits per heavy atom. The van der Waals surface area contributed by atoms with E-state index in [1.165, 1.54) is 17.3 Å². The van der Waals surface area contributed by atoms with Gasteiger partial charge in [0.1, 0.15) is 5.54 Å². The smallest absolute Gasteiger partial charge is 0.231 e. The zero-order valence-electron chi connectivity index (χ0n) is 16.0. The van der Waals surface area contributed by atoms with Gasteiger partial charge in [-0.25, -0.2) is 0 Å². The van der Waals surface area contributed by atoms with Crippen LogP contribution in [0, 0.1) is 24.2 Å². The first-order valence-corrected chi connectivity index (χ1v) is 10.3. The van der Waals surface area contributed by atoms with Gasteiger partial charge in [0.05, 0.1) is 11.8 Å². The summed E-state index contributed by atoms with van der Waals surface area (Å²) in [5.41, 5.74) is 1.43. The zero-order valence-corrected chi connectivity index (χ0v) is 16.8. The Morgan fingerprint density at radius 3 is 2.85 bits per heavy atom. The lowest BCUT2D eigenvalue weighted by Crippen LogP contribution is -2.47. The molecule has 1 N–H and O–H groups in total. The van der Waals surface area contributed by atoms with E-state index < -0.39 is 5.54 Å². The normalized spacial score (nSPS) is 15.8. The number of amides is 1. The molecule has 6 nitrogen and oxygen atoms in total. The number of aryl methyl sites for hydroxylation is 1. The number of thioether (sulfide) groups is 1. The van der Waals surface area contributed by atoms with Crippen molar-refractivity contribution in [2.45, 2.75) is 57.3 Å². The summed E-state index contributed by atoms with van der Waals surface area (Å²) >= 11 is 1.37. The summed E-state index contributed by atoms with van der Waals surface area (Å²) in [6.07, 6.45) is 2.95. The molecule has 1 aliphatic carbocycles. The highest BCUT2D eigenvalue weighted by atomic mass is 32.2. The first-order valence-electron chi connectivity index (χ1n) is 9.32. The van der Waals surface area contributed by atoms with Crippen LogP contribution in [0.3, 0.4) is 0 Å². The van der Waals surface area contributed by atoms with E-state index in [2.05, 4.69) is 52.1 Å². The molecule has 7 heteroatoms. The fraction of sp³-hybridized carbons (Fsp3) is 0.500. The van der Waals surface area contributed by atoms with Crippen LogP contribution in [0.4, 0.5) is 0 Å². The molecule has 0 aliphatic heterocycles. The van der Waals surface area contributed by atoms with Crippen molar-refractivity contribution in [3.63, 3.8) is 0 Å². The molecule has 2 aromatic rings. The van der Waals surface area contributed by atoms with Crippen molar-refractivity contribution in [3.8, 4) is 17.5 Å². The quantitative estimate of drug-likeness (QED) is 0.705. The van der Waals surface area contributed by atoms with E-state index in [0.717, 1.165) is 42.4 Å². The lowest BCUT2D eigenvalue weighted by molar-refractivity contribution is -0.119. The number of hydrogen-bond acceptors (Lipinski definition) is 5. The molecule has 1 unspecified atom stereocenters. The minimum Gasteiger partial charge on any atom is -0.337 e. The number of carbonyl (C=O) groups excluding carboxylic acids is 1. The van der Waals surface area contributed by atoms with Crippen LogP contribution in [0.2, 0.25) is 0 Å². The summed E-state index contributed by atoms with van der Waals surface area (Å²) in [5, 5.41) is 21.7. The monoisotopic (exact) mass is 383 g/mol. The van der Waals surface area contributed by atoms with Gasteiger partial charge in [-0.05, 0) is 45.1 Å². The van der Waals surface area contributed by atoms with E-state index in [9.17, 15) is 10.1 Å². The molecule has 1 aromatic heterocycles. The van der Waals surface area contributed by atoms with Crippen molar-refractivity contribution < 1.29 is 4.79 Å². The summed E-state index contributed by atoms with van der Waals surface area (Å²) < 4.78 is 2.07. The van der Waals surface area contributed by atoms with Crippen molar-refractivity contribution >= 4 is 17.7 Å². The van der Waals surface area contributed by atoms with Crippen molar-refractivity contribution in [2.75, 3.05) is 5.75 Å². The standard InChI is InChI=1S/C20H25N5OS/c1-4-10-25-18(15-7-5-6-14(2)11-15)23-24-19(25)27-12-17(26)22-20(3,13-21)16-8-9-16/h5-7,11,16H,4,8-10,12H2,1-3H3,(H,22,26). The van der Waals surface area contributed by atoms with Crippen LogP contribution < -0.4 is 5.32 Å². The van der Waals surface area contributed by atoms with E-state index in [1.54, 1.807) is 0 Å².